The Morgan fingerprint density at radius 2 is 2.09 bits per heavy atom. The Bertz CT molecular complexity index is 839. The summed E-state index contributed by atoms with van der Waals surface area (Å²) < 4.78 is 13.7. The summed E-state index contributed by atoms with van der Waals surface area (Å²) in [6.07, 6.45) is 0. The summed E-state index contributed by atoms with van der Waals surface area (Å²) in [4.78, 5) is 24.8. The Kier molecular flexibility index (Phi) is 5.17. The Balaban J connectivity index is 0.00000192. The maximum absolute atomic E-state index is 13.7. The van der Waals surface area contributed by atoms with E-state index in [1.54, 1.807) is 11.4 Å². The summed E-state index contributed by atoms with van der Waals surface area (Å²) in [6.45, 7) is 0. The topological polar surface area (TPSA) is 86.5 Å². The number of rotatable bonds is 1. The van der Waals surface area contributed by atoms with Crippen LogP contribution >= 0.6 is 22.9 Å². The van der Waals surface area contributed by atoms with Crippen molar-refractivity contribution in [2.45, 2.75) is 0 Å². The molecule has 112 valence electrons. The van der Waals surface area contributed by atoms with Gasteiger partial charge in [0.25, 0.3) is 5.91 Å². The van der Waals surface area contributed by atoms with E-state index in [1.807, 2.05) is 0 Å². The fourth-order valence-corrected chi connectivity index (χ4v) is 3.06. The molecule has 0 aliphatic carbocycles. The molecule has 0 bridgehead atoms. The van der Waals surface area contributed by atoms with E-state index < -0.39 is 23.5 Å². The third kappa shape index (κ3) is 2.90. The minimum atomic E-state index is -1.07. The van der Waals surface area contributed by atoms with Crippen LogP contribution in [0, 0.1) is 5.82 Å². The van der Waals surface area contributed by atoms with Crippen LogP contribution in [0.2, 0.25) is 5.02 Å². The predicted octanol–water partition coefficient (Wildman–Crippen LogP) is -0.802. The number of anilines is 1. The summed E-state index contributed by atoms with van der Waals surface area (Å²) in [5.41, 5.74) is 4.89. The van der Waals surface area contributed by atoms with E-state index >= 15 is 0 Å². The largest absolute Gasteiger partial charge is 1.00 e. The van der Waals surface area contributed by atoms with Gasteiger partial charge in [0.2, 0.25) is 0 Å². The number of imide groups is 1. The second-order valence-electron chi connectivity index (χ2n) is 4.44. The second-order valence-corrected chi connectivity index (χ2v) is 5.80. The van der Waals surface area contributed by atoms with E-state index in [0.717, 1.165) is 23.5 Å². The Labute approximate surface area is 161 Å². The molecule has 1 aromatic carbocycles. The summed E-state index contributed by atoms with van der Waals surface area (Å²) in [6, 6.07) is 4.17. The van der Waals surface area contributed by atoms with Crippen molar-refractivity contribution in [1.82, 2.24) is 0 Å². The van der Waals surface area contributed by atoms with Gasteiger partial charge in [0.15, 0.2) is 0 Å². The minimum absolute atomic E-state index is 0. The van der Waals surface area contributed by atoms with E-state index in [-0.39, 0.29) is 51.4 Å². The standard InChI is InChI=1S/C14H8ClFN2O3S.Na/c15-7-5-9-6(4-8(7)16)11(13(20)18(9)14(17)21)12(19)10-2-1-3-22-10;/h1-5,19H,(H2,17,21);/q;+1/p-1/b12-11+;. The van der Waals surface area contributed by atoms with E-state index in [1.165, 1.54) is 6.07 Å². The first-order valence-corrected chi connectivity index (χ1v) is 7.26. The SMILES string of the molecule is NC(=O)N1C(=O)/C(=C(/[O-])c2cccs2)c2cc(F)c(Cl)cc21.[Na+]. The molecule has 0 radical (unpaired) electrons. The Hall–Kier alpha value is -1.38. The van der Waals surface area contributed by atoms with Crippen molar-refractivity contribution in [3.63, 3.8) is 0 Å². The average Bonchev–Trinajstić information content (AvgIpc) is 3.05. The smallest absolute Gasteiger partial charge is 0.871 e. The van der Waals surface area contributed by atoms with Crippen LogP contribution in [-0.4, -0.2) is 11.9 Å². The van der Waals surface area contributed by atoms with E-state index in [2.05, 4.69) is 0 Å². The number of fused-ring (bicyclic) bond motifs is 1. The molecule has 2 N–H and O–H groups in total. The molecule has 23 heavy (non-hydrogen) atoms. The number of hydrogen-bond acceptors (Lipinski definition) is 4. The molecule has 1 aliphatic rings. The van der Waals surface area contributed by atoms with Gasteiger partial charge in [0, 0.05) is 16.0 Å². The maximum atomic E-state index is 13.7. The number of benzene rings is 1. The van der Waals surface area contributed by atoms with Crippen LogP contribution in [0.1, 0.15) is 10.4 Å². The van der Waals surface area contributed by atoms with E-state index in [4.69, 9.17) is 17.3 Å². The first kappa shape index (κ1) is 18.0. The second kappa shape index (κ2) is 6.62. The van der Waals surface area contributed by atoms with Crippen molar-refractivity contribution in [3.05, 3.63) is 50.9 Å². The molecule has 1 aromatic heterocycles. The Morgan fingerprint density at radius 3 is 2.65 bits per heavy atom. The monoisotopic (exact) mass is 360 g/mol. The summed E-state index contributed by atoms with van der Waals surface area (Å²) in [5.74, 6) is -2.27. The van der Waals surface area contributed by atoms with Gasteiger partial charge in [0.1, 0.15) is 5.82 Å². The predicted molar refractivity (Wildman–Crippen MR) is 79.6 cm³/mol. The van der Waals surface area contributed by atoms with Gasteiger partial charge in [0.05, 0.1) is 10.7 Å². The van der Waals surface area contributed by atoms with Crippen LogP contribution in [-0.2, 0) is 4.79 Å². The van der Waals surface area contributed by atoms with Crippen molar-refractivity contribution in [3.8, 4) is 0 Å². The number of amides is 3. The first-order chi connectivity index (χ1) is 10.4. The zero-order valence-electron chi connectivity index (χ0n) is 11.8. The zero-order chi connectivity index (χ0) is 16.0. The number of carbonyl (C=O) groups is 2. The van der Waals surface area contributed by atoms with E-state index in [9.17, 15) is 19.1 Å². The van der Waals surface area contributed by atoms with Crippen LogP contribution in [0.15, 0.2) is 29.6 Å². The van der Waals surface area contributed by atoms with Gasteiger partial charge >= 0.3 is 35.6 Å². The third-order valence-electron chi connectivity index (χ3n) is 3.16. The molecule has 0 spiro atoms. The molecule has 3 rings (SSSR count). The first-order valence-electron chi connectivity index (χ1n) is 6.00. The minimum Gasteiger partial charge on any atom is -0.871 e. The number of carbonyl (C=O) groups excluding carboxylic acids is 2. The van der Waals surface area contributed by atoms with Gasteiger partial charge in [-0.3, -0.25) is 4.79 Å². The van der Waals surface area contributed by atoms with Crippen LogP contribution in [0.5, 0.6) is 0 Å². The van der Waals surface area contributed by atoms with Crippen molar-refractivity contribution >= 4 is 51.9 Å². The van der Waals surface area contributed by atoms with Gasteiger partial charge < -0.3 is 10.8 Å². The molecule has 0 saturated carbocycles. The molecule has 5 nitrogen and oxygen atoms in total. The molecule has 0 unspecified atom stereocenters. The molecular formula is C14H7ClFN2NaO3S. The van der Waals surface area contributed by atoms with Gasteiger partial charge in [-0.25, -0.2) is 14.1 Å². The Morgan fingerprint density at radius 1 is 1.39 bits per heavy atom. The molecule has 2 aromatic rings. The number of primary amides is 1. The van der Waals surface area contributed by atoms with Crippen molar-refractivity contribution in [2.75, 3.05) is 4.90 Å². The summed E-state index contributed by atoms with van der Waals surface area (Å²) in [5, 5.41) is 13.9. The van der Waals surface area contributed by atoms with Gasteiger partial charge in [-0.15, -0.1) is 11.3 Å². The van der Waals surface area contributed by atoms with Crippen LogP contribution in [0.4, 0.5) is 14.9 Å². The van der Waals surface area contributed by atoms with Gasteiger partial charge in [-0.2, -0.15) is 0 Å². The molecular weight excluding hydrogens is 354 g/mol. The fraction of sp³-hybridized carbons (Fsp3) is 0. The third-order valence-corrected chi connectivity index (χ3v) is 4.32. The molecule has 0 saturated heterocycles. The van der Waals surface area contributed by atoms with Crippen LogP contribution < -0.4 is 45.3 Å². The molecule has 1 aliphatic heterocycles. The van der Waals surface area contributed by atoms with E-state index in [0.29, 0.717) is 9.78 Å². The normalized spacial score (nSPS) is 15.2. The van der Waals surface area contributed by atoms with Gasteiger partial charge in [-0.1, -0.05) is 23.4 Å². The van der Waals surface area contributed by atoms with Crippen LogP contribution in [0.3, 0.4) is 0 Å². The van der Waals surface area contributed by atoms with Crippen molar-refractivity contribution in [1.29, 1.82) is 0 Å². The number of nitrogens with zero attached hydrogens (tertiary/aromatic N) is 1. The number of hydrogen-bond donors (Lipinski definition) is 1. The maximum Gasteiger partial charge on any atom is 1.00 e. The number of nitrogens with two attached hydrogens (primary N) is 1. The van der Waals surface area contributed by atoms with Crippen molar-refractivity contribution < 1.29 is 48.6 Å². The number of urea groups is 1. The molecule has 0 fully saturated rings. The quantitative estimate of drug-likeness (QED) is 0.410. The molecule has 3 amide bonds. The molecule has 0 atom stereocenters. The van der Waals surface area contributed by atoms with Gasteiger partial charge in [-0.05, 0) is 23.6 Å². The average molecular weight is 361 g/mol. The molecule has 9 heteroatoms. The fourth-order valence-electron chi connectivity index (χ4n) is 2.23. The van der Waals surface area contributed by atoms with Crippen molar-refractivity contribution in [2.24, 2.45) is 5.73 Å². The zero-order valence-corrected chi connectivity index (χ0v) is 15.4. The number of halogens is 2. The summed E-state index contributed by atoms with van der Waals surface area (Å²) in [7, 11) is 0. The number of thiophene rings is 1. The van der Waals surface area contributed by atoms with Crippen LogP contribution in [0.25, 0.3) is 11.3 Å². The molecule has 2 heterocycles. The summed E-state index contributed by atoms with van der Waals surface area (Å²) >= 11 is 6.81.